The van der Waals surface area contributed by atoms with E-state index in [2.05, 4.69) is 14.8 Å². The number of nitrogens with zero attached hydrogens (tertiary/aromatic N) is 2. The van der Waals surface area contributed by atoms with Crippen molar-refractivity contribution in [3.8, 4) is 0 Å². The number of hydrogen-bond donors (Lipinski definition) is 3. The van der Waals surface area contributed by atoms with Crippen LogP contribution in [-0.4, -0.2) is 34.8 Å². The van der Waals surface area contributed by atoms with Crippen molar-refractivity contribution in [3.63, 3.8) is 0 Å². The summed E-state index contributed by atoms with van der Waals surface area (Å²) in [5.41, 5.74) is 1.49. The zero-order valence-electron chi connectivity index (χ0n) is 10.5. The molecule has 8 heteroatoms. The van der Waals surface area contributed by atoms with Crippen molar-refractivity contribution in [1.82, 2.24) is 19.5 Å². The Hall–Kier alpha value is -1.64. The molecule has 0 aliphatic heterocycles. The molecule has 0 aromatic carbocycles. The third-order valence-corrected chi connectivity index (χ3v) is 4.03. The summed E-state index contributed by atoms with van der Waals surface area (Å²) >= 11 is 0. The second-order valence-electron chi connectivity index (χ2n) is 4.20. The van der Waals surface area contributed by atoms with Crippen molar-refractivity contribution in [2.24, 2.45) is 0 Å². The van der Waals surface area contributed by atoms with E-state index in [1.165, 1.54) is 12.3 Å². The van der Waals surface area contributed by atoms with Crippen molar-refractivity contribution >= 4 is 10.0 Å². The van der Waals surface area contributed by atoms with E-state index in [0.717, 1.165) is 5.56 Å². The van der Waals surface area contributed by atoms with Crippen LogP contribution in [0.25, 0.3) is 0 Å². The summed E-state index contributed by atoms with van der Waals surface area (Å²) in [6.45, 7) is 2.42. The largest absolute Gasteiger partial charge is 0.390 e. The number of aliphatic hydroxyl groups is 1. The molecule has 0 bridgehead atoms. The van der Waals surface area contributed by atoms with Crippen LogP contribution in [0, 0.1) is 6.92 Å². The first kappa shape index (κ1) is 13.8. The summed E-state index contributed by atoms with van der Waals surface area (Å²) in [6, 6.07) is 1.40. The van der Waals surface area contributed by atoms with Crippen molar-refractivity contribution in [2.75, 3.05) is 6.54 Å². The van der Waals surface area contributed by atoms with Gasteiger partial charge in [0.25, 0.3) is 0 Å². The lowest BCUT2D eigenvalue weighted by atomic mass is 10.4. The number of aromatic amines is 1. The van der Waals surface area contributed by atoms with Crippen LogP contribution in [0.4, 0.5) is 0 Å². The summed E-state index contributed by atoms with van der Waals surface area (Å²) in [4.78, 5) is 2.80. The van der Waals surface area contributed by atoms with Gasteiger partial charge in [0.15, 0.2) is 0 Å². The fourth-order valence-corrected chi connectivity index (χ4v) is 2.67. The molecule has 104 valence electrons. The summed E-state index contributed by atoms with van der Waals surface area (Å²) < 4.78 is 28.0. The monoisotopic (exact) mass is 284 g/mol. The van der Waals surface area contributed by atoms with E-state index < -0.39 is 10.0 Å². The number of aliphatic hydroxyl groups excluding tert-OH is 1. The molecule has 0 saturated heterocycles. The van der Waals surface area contributed by atoms with Crippen LogP contribution in [0.1, 0.15) is 11.3 Å². The topological polar surface area (TPSA) is 100 Å². The van der Waals surface area contributed by atoms with Crippen molar-refractivity contribution < 1.29 is 13.5 Å². The first-order valence-corrected chi connectivity index (χ1v) is 7.26. The smallest absolute Gasteiger partial charge is 0.242 e. The molecule has 0 radical (unpaired) electrons. The second kappa shape index (κ2) is 5.55. The second-order valence-corrected chi connectivity index (χ2v) is 5.96. The molecule has 0 saturated carbocycles. The molecule has 2 aromatic heterocycles. The van der Waals surface area contributed by atoms with Gasteiger partial charge in [-0.2, -0.15) is 5.10 Å². The molecule has 0 aliphatic carbocycles. The maximum atomic E-state index is 11.9. The molecule has 0 unspecified atom stereocenters. The Labute approximate surface area is 111 Å². The highest BCUT2D eigenvalue weighted by molar-refractivity contribution is 7.89. The van der Waals surface area contributed by atoms with Gasteiger partial charge in [0, 0.05) is 24.6 Å². The molecular weight excluding hydrogens is 268 g/mol. The van der Waals surface area contributed by atoms with Crippen LogP contribution in [0.3, 0.4) is 0 Å². The maximum absolute atomic E-state index is 11.9. The summed E-state index contributed by atoms with van der Waals surface area (Å²) in [5, 5.41) is 13.0. The molecular formula is C11H16N4O3S. The lowest BCUT2D eigenvalue weighted by Gasteiger charge is -2.04. The third kappa shape index (κ3) is 3.43. The zero-order valence-corrected chi connectivity index (χ0v) is 11.3. The Bertz CT molecular complexity index is 644. The molecule has 0 amide bonds. The molecule has 3 N–H and O–H groups in total. The Morgan fingerprint density at radius 3 is 2.89 bits per heavy atom. The molecule has 2 aromatic rings. The van der Waals surface area contributed by atoms with Gasteiger partial charge in [0.2, 0.25) is 10.0 Å². The lowest BCUT2D eigenvalue weighted by molar-refractivity contribution is 0.277. The van der Waals surface area contributed by atoms with E-state index in [1.807, 2.05) is 13.1 Å². The average molecular weight is 284 g/mol. The minimum atomic E-state index is -3.55. The number of aryl methyl sites for hydroxylation is 1. The number of H-pyrrole nitrogens is 1. The molecule has 2 heterocycles. The predicted octanol–water partition coefficient (Wildman–Crippen LogP) is -0.00958. The van der Waals surface area contributed by atoms with Gasteiger partial charge >= 0.3 is 0 Å². The number of rotatable bonds is 6. The third-order valence-electron chi connectivity index (χ3n) is 2.59. The Kier molecular flexibility index (Phi) is 4.03. The van der Waals surface area contributed by atoms with Crippen LogP contribution in [0.2, 0.25) is 0 Å². The molecule has 7 nitrogen and oxygen atoms in total. The van der Waals surface area contributed by atoms with Gasteiger partial charge in [-0.25, -0.2) is 13.1 Å². The Morgan fingerprint density at radius 1 is 1.53 bits per heavy atom. The van der Waals surface area contributed by atoms with Gasteiger partial charge in [-0.3, -0.25) is 4.68 Å². The summed E-state index contributed by atoms with van der Waals surface area (Å²) in [5.74, 6) is 0. The SMILES string of the molecule is Cc1cnn(CCNS(=O)(=O)c2c[nH]c(CO)c2)c1. The van der Waals surface area contributed by atoms with Crippen LogP contribution >= 0.6 is 0 Å². The number of aromatic nitrogens is 3. The molecule has 0 spiro atoms. The van der Waals surface area contributed by atoms with E-state index in [4.69, 9.17) is 5.11 Å². The average Bonchev–Trinajstić information content (AvgIpc) is 2.98. The Balaban J connectivity index is 1.94. The molecule has 0 fully saturated rings. The quantitative estimate of drug-likeness (QED) is 0.694. The lowest BCUT2D eigenvalue weighted by Crippen LogP contribution is -2.27. The van der Waals surface area contributed by atoms with Gasteiger partial charge < -0.3 is 10.1 Å². The molecule has 2 rings (SSSR count). The number of nitrogens with one attached hydrogen (secondary N) is 2. The Morgan fingerprint density at radius 2 is 2.32 bits per heavy atom. The van der Waals surface area contributed by atoms with Crippen molar-refractivity contribution in [2.45, 2.75) is 25.0 Å². The van der Waals surface area contributed by atoms with Crippen LogP contribution < -0.4 is 4.72 Å². The van der Waals surface area contributed by atoms with E-state index in [1.54, 1.807) is 10.9 Å². The van der Waals surface area contributed by atoms with Gasteiger partial charge in [-0.1, -0.05) is 0 Å². The number of hydrogen-bond acceptors (Lipinski definition) is 4. The van der Waals surface area contributed by atoms with E-state index >= 15 is 0 Å². The fraction of sp³-hybridized carbons (Fsp3) is 0.364. The van der Waals surface area contributed by atoms with Gasteiger partial charge in [0.05, 0.1) is 24.2 Å². The van der Waals surface area contributed by atoms with Crippen molar-refractivity contribution in [3.05, 3.63) is 35.9 Å². The normalized spacial score (nSPS) is 11.9. The maximum Gasteiger partial charge on any atom is 0.242 e. The summed E-state index contributed by atoms with van der Waals surface area (Å²) in [7, 11) is -3.55. The molecule has 0 atom stereocenters. The molecule has 0 aliphatic rings. The highest BCUT2D eigenvalue weighted by Crippen LogP contribution is 2.10. The van der Waals surface area contributed by atoms with Gasteiger partial charge in [-0.05, 0) is 18.6 Å². The highest BCUT2D eigenvalue weighted by Gasteiger charge is 2.15. The van der Waals surface area contributed by atoms with Gasteiger partial charge in [-0.15, -0.1) is 0 Å². The van der Waals surface area contributed by atoms with E-state index in [-0.39, 0.29) is 18.0 Å². The zero-order chi connectivity index (χ0) is 13.9. The van der Waals surface area contributed by atoms with E-state index in [0.29, 0.717) is 12.2 Å². The summed E-state index contributed by atoms with van der Waals surface area (Å²) in [6.07, 6.45) is 4.91. The first-order valence-electron chi connectivity index (χ1n) is 5.78. The van der Waals surface area contributed by atoms with Gasteiger partial charge in [0.1, 0.15) is 0 Å². The minimum Gasteiger partial charge on any atom is -0.390 e. The minimum absolute atomic E-state index is 0.119. The fourth-order valence-electron chi connectivity index (χ4n) is 1.63. The van der Waals surface area contributed by atoms with Crippen LogP contribution in [-0.2, 0) is 23.2 Å². The molecule has 19 heavy (non-hydrogen) atoms. The number of sulfonamides is 1. The standard InChI is InChI=1S/C11H16N4O3S/c1-9-5-13-15(7-9)3-2-14-19(17,18)11-4-10(8-16)12-6-11/h4-7,12,14,16H,2-3,8H2,1H3. The van der Waals surface area contributed by atoms with Crippen molar-refractivity contribution in [1.29, 1.82) is 0 Å². The van der Waals surface area contributed by atoms with Crippen LogP contribution in [0.15, 0.2) is 29.6 Å². The first-order chi connectivity index (χ1) is 9.01. The highest BCUT2D eigenvalue weighted by atomic mass is 32.2. The predicted molar refractivity (Wildman–Crippen MR) is 68.9 cm³/mol. The van der Waals surface area contributed by atoms with E-state index in [9.17, 15) is 8.42 Å². The van der Waals surface area contributed by atoms with Crippen LogP contribution in [0.5, 0.6) is 0 Å².